The number of amidine groups is 1. The number of nitrogens with zero attached hydrogens (tertiary/aromatic N) is 2. The highest BCUT2D eigenvalue weighted by molar-refractivity contribution is 8.18. The lowest BCUT2D eigenvalue weighted by atomic mass is 10.2. The molecule has 9 heteroatoms. The van der Waals surface area contributed by atoms with Gasteiger partial charge in [-0.1, -0.05) is 29.8 Å². The number of aliphatic imine (C=N–C) groups is 1. The third-order valence-corrected chi connectivity index (χ3v) is 5.05. The molecule has 0 unspecified atom stereocenters. The zero-order valence-corrected chi connectivity index (χ0v) is 16.1. The quantitative estimate of drug-likeness (QED) is 0.540. The van der Waals surface area contributed by atoms with Gasteiger partial charge in [0.25, 0.3) is 5.91 Å². The Kier molecular flexibility index (Phi) is 6.11. The Hall–Kier alpha value is -2.71. The second kappa shape index (κ2) is 8.53. The summed E-state index contributed by atoms with van der Waals surface area (Å²) in [5.41, 5.74) is 0.583. The topological polar surface area (TPSA) is 59.0 Å². The number of rotatable bonds is 4. The van der Waals surface area contributed by atoms with Crippen molar-refractivity contribution in [3.8, 4) is 0 Å². The molecule has 28 heavy (non-hydrogen) atoms. The second-order valence-corrected chi connectivity index (χ2v) is 7.03. The third-order valence-electron chi connectivity index (χ3n) is 3.75. The molecule has 1 aliphatic heterocycles. The molecule has 144 valence electrons. The Bertz CT molecular complexity index is 1010. The van der Waals surface area contributed by atoms with Crippen molar-refractivity contribution in [2.24, 2.45) is 4.99 Å². The van der Waals surface area contributed by atoms with Gasteiger partial charge in [0, 0.05) is 11.6 Å². The van der Waals surface area contributed by atoms with Crippen LogP contribution in [0.2, 0.25) is 5.02 Å². The van der Waals surface area contributed by atoms with Gasteiger partial charge in [-0.05, 0) is 36.0 Å². The average Bonchev–Trinajstić information content (AvgIpc) is 2.95. The van der Waals surface area contributed by atoms with Crippen molar-refractivity contribution in [2.45, 2.75) is 6.54 Å². The summed E-state index contributed by atoms with van der Waals surface area (Å²) in [5, 5.41) is 0.0771. The summed E-state index contributed by atoms with van der Waals surface area (Å²) in [5.74, 6) is -2.30. The van der Waals surface area contributed by atoms with Crippen LogP contribution in [0, 0.1) is 11.6 Å². The molecule has 5 nitrogen and oxygen atoms in total. The van der Waals surface area contributed by atoms with Gasteiger partial charge in [-0.2, -0.15) is 0 Å². The van der Waals surface area contributed by atoms with Gasteiger partial charge in [0.15, 0.2) is 5.17 Å². The number of hydrogen-bond acceptors (Lipinski definition) is 5. The van der Waals surface area contributed by atoms with Crippen LogP contribution in [-0.4, -0.2) is 29.1 Å². The molecule has 0 spiro atoms. The van der Waals surface area contributed by atoms with E-state index in [1.807, 2.05) is 0 Å². The van der Waals surface area contributed by atoms with E-state index in [0.717, 1.165) is 23.9 Å². The molecular formula is C19H13ClF2N2O3S. The number of hydrogen-bond donors (Lipinski definition) is 0. The number of benzene rings is 2. The molecule has 0 atom stereocenters. The summed E-state index contributed by atoms with van der Waals surface area (Å²) in [6.45, 7) is -0.0925. The van der Waals surface area contributed by atoms with Gasteiger partial charge in [-0.15, -0.1) is 0 Å². The molecule has 2 aromatic rings. The molecule has 3 rings (SSSR count). The first-order chi connectivity index (χ1) is 13.4. The van der Waals surface area contributed by atoms with Crippen LogP contribution in [0.15, 0.2) is 58.4 Å². The SMILES string of the molecule is COC(=O)/C=C1\SC(=Nc2ccc(F)c(Cl)c2)N(Cc2ccccc2F)C1=O. The summed E-state index contributed by atoms with van der Waals surface area (Å²) < 4.78 is 32.0. The van der Waals surface area contributed by atoms with Crippen molar-refractivity contribution in [3.63, 3.8) is 0 Å². The Morgan fingerprint density at radius 3 is 2.68 bits per heavy atom. The molecule has 0 aliphatic carbocycles. The maximum absolute atomic E-state index is 14.1. The van der Waals surface area contributed by atoms with Crippen LogP contribution in [0.1, 0.15) is 5.56 Å². The number of ether oxygens (including phenoxy) is 1. The lowest BCUT2D eigenvalue weighted by molar-refractivity contribution is -0.135. The van der Waals surface area contributed by atoms with Gasteiger partial charge in [0.05, 0.1) is 29.3 Å². The minimum Gasteiger partial charge on any atom is -0.466 e. The van der Waals surface area contributed by atoms with E-state index >= 15 is 0 Å². The first-order valence-electron chi connectivity index (χ1n) is 7.95. The highest BCUT2D eigenvalue weighted by Gasteiger charge is 2.34. The molecule has 1 aliphatic rings. The van der Waals surface area contributed by atoms with E-state index < -0.39 is 23.5 Å². The number of carbonyl (C=O) groups excluding carboxylic acids is 2. The van der Waals surface area contributed by atoms with E-state index in [0.29, 0.717) is 5.69 Å². The molecule has 0 saturated carbocycles. The van der Waals surface area contributed by atoms with Gasteiger partial charge >= 0.3 is 5.97 Å². The highest BCUT2D eigenvalue weighted by atomic mass is 35.5. The molecule has 0 bridgehead atoms. The van der Waals surface area contributed by atoms with E-state index in [9.17, 15) is 18.4 Å². The number of halogens is 3. The number of methoxy groups -OCH3 is 1. The number of carbonyl (C=O) groups is 2. The fourth-order valence-corrected chi connectivity index (χ4v) is 3.49. The molecule has 1 saturated heterocycles. The Labute approximate surface area is 168 Å². The normalized spacial score (nSPS) is 16.9. The van der Waals surface area contributed by atoms with Crippen LogP contribution in [0.5, 0.6) is 0 Å². The van der Waals surface area contributed by atoms with Crippen molar-refractivity contribution in [2.75, 3.05) is 7.11 Å². The van der Waals surface area contributed by atoms with Gasteiger partial charge in [-0.25, -0.2) is 18.6 Å². The molecule has 0 aromatic heterocycles. The monoisotopic (exact) mass is 422 g/mol. The Morgan fingerprint density at radius 1 is 1.25 bits per heavy atom. The molecule has 0 N–H and O–H groups in total. The zero-order valence-electron chi connectivity index (χ0n) is 14.5. The van der Waals surface area contributed by atoms with Crippen molar-refractivity contribution in [3.05, 3.63) is 75.7 Å². The van der Waals surface area contributed by atoms with E-state index in [1.54, 1.807) is 12.1 Å². The smallest absolute Gasteiger partial charge is 0.331 e. The summed E-state index contributed by atoms with van der Waals surface area (Å²) in [6.07, 6.45) is 1.04. The molecule has 1 fully saturated rings. The Morgan fingerprint density at radius 2 is 2.00 bits per heavy atom. The largest absolute Gasteiger partial charge is 0.466 e. The molecule has 0 radical (unpaired) electrons. The predicted octanol–water partition coefficient (Wildman–Crippen LogP) is 4.44. The first-order valence-corrected chi connectivity index (χ1v) is 9.15. The standard InChI is InChI=1S/C19H13ClF2N2O3S/c1-27-17(25)9-16-18(26)24(10-11-4-2-3-5-14(11)21)19(28-16)23-12-6-7-15(22)13(20)8-12/h2-9H,10H2,1H3/b16-9-,23-19?. The van der Waals surface area contributed by atoms with Crippen molar-refractivity contribution in [1.82, 2.24) is 4.90 Å². The maximum Gasteiger partial charge on any atom is 0.331 e. The lowest BCUT2D eigenvalue weighted by Crippen LogP contribution is -2.29. The lowest BCUT2D eigenvalue weighted by Gasteiger charge is -2.16. The van der Waals surface area contributed by atoms with Crippen molar-refractivity contribution < 1.29 is 23.1 Å². The van der Waals surface area contributed by atoms with Crippen LogP contribution >= 0.6 is 23.4 Å². The van der Waals surface area contributed by atoms with Crippen molar-refractivity contribution in [1.29, 1.82) is 0 Å². The summed E-state index contributed by atoms with van der Waals surface area (Å²) in [4.78, 5) is 29.9. The van der Waals surface area contributed by atoms with E-state index in [1.165, 1.54) is 36.3 Å². The fourth-order valence-electron chi connectivity index (χ4n) is 2.36. The third kappa shape index (κ3) is 4.40. The van der Waals surface area contributed by atoms with Gasteiger partial charge < -0.3 is 4.74 Å². The van der Waals surface area contributed by atoms with E-state index in [2.05, 4.69) is 9.73 Å². The van der Waals surface area contributed by atoms with Gasteiger partial charge in [0.1, 0.15) is 11.6 Å². The number of thioether (sulfide) groups is 1. The first kappa shape index (κ1) is 20.0. The minimum absolute atomic E-state index is 0.0788. The van der Waals surface area contributed by atoms with Gasteiger partial charge in [-0.3, -0.25) is 9.69 Å². The number of esters is 1. The highest BCUT2D eigenvalue weighted by Crippen LogP contribution is 2.34. The molecule has 2 aromatic carbocycles. The molecule has 1 heterocycles. The van der Waals surface area contributed by atoms with Crippen LogP contribution in [0.3, 0.4) is 0 Å². The van der Waals surface area contributed by atoms with Crippen LogP contribution in [-0.2, 0) is 20.9 Å². The number of amides is 1. The van der Waals surface area contributed by atoms with Crippen LogP contribution < -0.4 is 0 Å². The zero-order chi connectivity index (χ0) is 20.3. The maximum atomic E-state index is 14.1. The Balaban J connectivity index is 2.00. The van der Waals surface area contributed by atoms with Crippen LogP contribution in [0.4, 0.5) is 14.5 Å². The van der Waals surface area contributed by atoms with Crippen molar-refractivity contribution >= 4 is 46.1 Å². The van der Waals surface area contributed by atoms with E-state index in [4.69, 9.17) is 11.6 Å². The molecular weight excluding hydrogens is 410 g/mol. The summed E-state index contributed by atoms with van der Waals surface area (Å²) in [6, 6.07) is 9.86. The predicted molar refractivity (Wildman–Crippen MR) is 103 cm³/mol. The second-order valence-electron chi connectivity index (χ2n) is 5.61. The van der Waals surface area contributed by atoms with E-state index in [-0.39, 0.29) is 27.2 Å². The van der Waals surface area contributed by atoms with Crippen LogP contribution in [0.25, 0.3) is 0 Å². The summed E-state index contributed by atoms with van der Waals surface area (Å²) >= 11 is 6.71. The van der Waals surface area contributed by atoms with Gasteiger partial charge in [0.2, 0.25) is 0 Å². The molecule has 1 amide bonds. The fraction of sp³-hybridized carbons (Fsp3) is 0.105. The average molecular weight is 423 g/mol. The summed E-state index contributed by atoms with van der Waals surface area (Å²) in [7, 11) is 1.19. The minimum atomic E-state index is -0.701.